The number of hydrogen-bond acceptors (Lipinski definition) is 0. The van der Waals surface area contributed by atoms with Gasteiger partial charge >= 0.3 is 41.0 Å². The van der Waals surface area contributed by atoms with Crippen molar-refractivity contribution >= 4 is 38.8 Å². The van der Waals surface area contributed by atoms with Gasteiger partial charge in [0.1, 0.15) is 0 Å². The van der Waals surface area contributed by atoms with Crippen LogP contribution in [0.25, 0.3) is 10.8 Å². The summed E-state index contributed by atoms with van der Waals surface area (Å²) >= 11 is 1.27. The van der Waals surface area contributed by atoms with E-state index in [-0.39, 0.29) is 24.8 Å². The second kappa shape index (κ2) is 13.6. The molecule has 3 heteroatoms. The molecule has 0 heterocycles. The third-order valence-electron chi connectivity index (χ3n) is 2.13. The SMILES string of the molecule is C[C](C)=[Hf+2].Cl.Cl.[C-]1=CC=CC1.c1ccc2[cH-]ccc2c1. The van der Waals surface area contributed by atoms with Gasteiger partial charge < -0.3 is 0 Å². The average molecular weight is 474 g/mol. The molecule has 3 rings (SSSR count). The molecular formula is C17H20Cl2Hf. The van der Waals surface area contributed by atoms with Gasteiger partial charge in [-0.1, -0.05) is 6.07 Å². The first kappa shape index (κ1) is 21.9. The molecule has 0 fully saturated rings. The van der Waals surface area contributed by atoms with Crippen molar-refractivity contribution in [3.05, 3.63) is 66.8 Å². The Hall–Kier alpha value is -0.370. The largest absolute Gasteiger partial charge is 0.273 e. The number of hydrogen-bond donors (Lipinski definition) is 0. The minimum absolute atomic E-state index is 0. The molecule has 2 aromatic carbocycles. The van der Waals surface area contributed by atoms with Gasteiger partial charge in [-0.3, -0.25) is 6.08 Å². The van der Waals surface area contributed by atoms with Crippen LogP contribution >= 0.6 is 24.8 Å². The summed E-state index contributed by atoms with van der Waals surface area (Å²) < 4.78 is 1.56. The predicted molar refractivity (Wildman–Crippen MR) is 92.0 cm³/mol. The number of rotatable bonds is 0. The van der Waals surface area contributed by atoms with Crippen molar-refractivity contribution in [2.45, 2.75) is 20.3 Å². The number of allylic oxidation sites excluding steroid dienone is 4. The van der Waals surface area contributed by atoms with Crippen LogP contribution in [0.5, 0.6) is 0 Å². The normalized spacial score (nSPS) is 10.4. The molecule has 0 spiro atoms. The fraction of sp³-hybridized carbons (Fsp3) is 0.176. The molecule has 2 aromatic rings. The molecule has 0 saturated carbocycles. The van der Waals surface area contributed by atoms with Crippen LogP contribution in [0.3, 0.4) is 0 Å². The molecule has 1 aliphatic carbocycles. The van der Waals surface area contributed by atoms with Gasteiger partial charge in [-0.25, -0.2) is 12.2 Å². The topological polar surface area (TPSA) is 0 Å². The zero-order valence-corrected chi connectivity index (χ0v) is 17.0. The molecule has 1 aliphatic rings. The van der Waals surface area contributed by atoms with E-state index in [0.717, 1.165) is 6.42 Å². The molecule has 0 atom stereocenters. The van der Waals surface area contributed by atoms with E-state index in [1.807, 2.05) is 12.2 Å². The van der Waals surface area contributed by atoms with E-state index < -0.39 is 0 Å². The van der Waals surface area contributed by atoms with Crippen LogP contribution in [0.1, 0.15) is 20.3 Å². The van der Waals surface area contributed by atoms with Crippen LogP contribution in [0.2, 0.25) is 0 Å². The molecule has 0 radical (unpaired) electrons. The number of fused-ring (bicyclic) bond motifs is 1. The third-order valence-corrected chi connectivity index (χ3v) is 2.13. The molecule has 0 amide bonds. The van der Waals surface area contributed by atoms with Gasteiger partial charge in [0.2, 0.25) is 0 Å². The predicted octanol–water partition coefficient (Wildman–Crippen LogP) is 5.45. The average Bonchev–Trinajstić information content (AvgIpc) is 3.03. The number of benzene rings is 1. The van der Waals surface area contributed by atoms with Crippen molar-refractivity contribution in [1.82, 2.24) is 0 Å². The molecule has 0 bridgehead atoms. The van der Waals surface area contributed by atoms with Crippen molar-refractivity contribution in [1.29, 1.82) is 0 Å². The van der Waals surface area contributed by atoms with E-state index in [0.29, 0.717) is 0 Å². The van der Waals surface area contributed by atoms with Crippen molar-refractivity contribution in [2.24, 2.45) is 0 Å². The monoisotopic (exact) mass is 474 g/mol. The van der Waals surface area contributed by atoms with Gasteiger partial charge in [-0.05, 0) is 0 Å². The van der Waals surface area contributed by atoms with Crippen LogP contribution in [0, 0.1) is 6.08 Å². The van der Waals surface area contributed by atoms with Crippen LogP contribution in [-0.4, -0.2) is 3.26 Å². The van der Waals surface area contributed by atoms with Crippen molar-refractivity contribution < 1.29 is 23.9 Å². The summed E-state index contributed by atoms with van der Waals surface area (Å²) in [6, 6.07) is 14.7. The molecule has 0 aliphatic heterocycles. The van der Waals surface area contributed by atoms with E-state index in [9.17, 15) is 0 Å². The summed E-state index contributed by atoms with van der Waals surface area (Å²) in [5.41, 5.74) is 0. The molecule has 20 heavy (non-hydrogen) atoms. The fourth-order valence-corrected chi connectivity index (χ4v) is 1.41. The molecule has 0 aromatic heterocycles. The summed E-state index contributed by atoms with van der Waals surface area (Å²) in [5, 5.41) is 2.66. The first-order chi connectivity index (χ1) is 8.70. The molecule has 0 nitrogen and oxygen atoms in total. The zero-order valence-electron chi connectivity index (χ0n) is 11.8. The number of halogens is 2. The van der Waals surface area contributed by atoms with Gasteiger partial charge in [0.15, 0.2) is 0 Å². The van der Waals surface area contributed by atoms with Gasteiger partial charge in [0, 0.05) is 0 Å². The maximum Gasteiger partial charge on any atom is -0.0809 e. The van der Waals surface area contributed by atoms with E-state index in [1.54, 1.807) is 3.26 Å². The standard InChI is InChI=1S/C9H7.C5H5.C3H6.2ClH.Hf/c1-2-5-9-7-3-6-8(9)4-1;1-2-4-5-3-1;1-3-2;;;/h1-7H;1-3H,4H2;1-2H3;2*1H;/q2*-1;;;;+2. The summed E-state index contributed by atoms with van der Waals surface area (Å²) in [6.45, 7) is 4.29. The molecule has 0 N–H and O–H groups in total. The molecule has 0 unspecified atom stereocenters. The Balaban J connectivity index is 0. The Morgan fingerprint density at radius 2 is 1.80 bits per heavy atom. The summed E-state index contributed by atoms with van der Waals surface area (Å²) in [7, 11) is 0. The Morgan fingerprint density at radius 3 is 2.25 bits per heavy atom. The van der Waals surface area contributed by atoms with E-state index in [1.165, 1.54) is 34.7 Å². The quantitative estimate of drug-likeness (QED) is 0.352. The second-order valence-corrected chi connectivity index (χ2v) is 7.75. The molecule has 0 saturated heterocycles. The van der Waals surface area contributed by atoms with Crippen molar-refractivity contribution in [3.8, 4) is 0 Å². The molecule has 106 valence electrons. The van der Waals surface area contributed by atoms with Crippen LogP contribution < -0.4 is 0 Å². The summed E-state index contributed by atoms with van der Waals surface area (Å²) in [4.78, 5) is 0. The van der Waals surface area contributed by atoms with E-state index >= 15 is 0 Å². The Morgan fingerprint density at radius 1 is 1.15 bits per heavy atom. The van der Waals surface area contributed by atoms with Crippen molar-refractivity contribution in [2.75, 3.05) is 0 Å². The second-order valence-electron chi connectivity index (χ2n) is 4.16. The van der Waals surface area contributed by atoms with Gasteiger partial charge in [-0.15, -0.1) is 60.9 Å². The van der Waals surface area contributed by atoms with Gasteiger partial charge in [-0.2, -0.15) is 23.6 Å². The van der Waals surface area contributed by atoms with Gasteiger partial charge in [0.05, 0.1) is 0 Å². The van der Waals surface area contributed by atoms with Crippen LogP contribution in [-0.2, 0) is 23.9 Å². The Kier molecular flexibility index (Phi) is 14.9. The smallest absolute Gasteiger partial charge is 0.0809 e. The maximum atomic E-state index is 2.99. The summed E-state index contributed by atoms with van der Waals surface area (Å²) in [5.74, 6) is 0. The zero-order chi connectivity index (χ0) is 13.2. The Labute approximate surface area is 149 Å². The van der Waals surface area contributed by atoms with E-state index in [4.69, 9.17) is 0 Å². The third kappa shape index (κ3) is 10.4. The van der Waals surface area contributed by atoms with E-state index in [2.05, 4.69) is 68.5 Å². The Bertz CT molecular complexity index is 494. The first-order valence-electron chi connectivity index (χ1n) is 6.04. The molecular weight excluding hydrogens is 454 g/mol. The minimum atomic E-state index is 0. The van der Waals surface area contributed by atoms with Crippen LogP contribution in [0.15, 0.2) is 60.7 Å². The van der Waals surface area contributed by atoms with Gasteiger partial charge in [0.25, 0.3) is 0 Å². The van der Waals surface area contributed by atoms with Crippen molar-refractivity contribution in [3.63, 3.8) is 0 Å². The van der Waals surface area contributed by atoms with Crippen LogP contribution in [0.4, 0.5) is 0 Å². The summed E-state index contributed by atoms with van der Waals surface area (Å²) in [6.07, 6.45) is 10.0. The minimum Gasteiger partial charge on any atom is -0.273 e. The maximum absolute atomic E-state index is 2.99. The fourth-order valence-electron chi connectivity index (χ4n) is 1.41. The first-order valence-corrected chi connectivity index (χ1v) is 7.83.